The lowest BCUT2D eigenvalue weighted by atomic mass is 10.2. The predicted octanol–water partition coefficient (Wildman–Crippen LogP) is 4.10. The molecule has 1 heterocycles. The fraction of sp³-hybridized carbons (Fsp3) is 0.0588. The van der Waals surface area contributed by atoms with Gasteiger partial charge in [-0.2, -0.15) is 0 Å². The molecule has 1 N–H and O–H groups in total. The van der Waals surface area contributed by atoms with Crippen LogP contribution in [0.25, 0.3) is 11.4 Å². The third-order valence-corrected chi connectivity index (χ3v) is 3.24. The zero-order valence-electron chi connectivity index (χ0n) is 12.4. The molecule has 0 amide bonds. The Morgan fingerprint density at radius 1 is 1.00 bits per heavy atom. The van der Waals surface area contributed by atoms with Gasteiger partial charge in [0.2, 0.25) is 0 Å². The molecule has 0 bridgehead atoms. The van der Waals surface area contributed by atoms with Crippen molar-refractivity contribution in [3.63, 3.8) is 0 Å². The monoisotopic (exact) mass is 306 g/mol. The highest BCUT2D eigenvalue weighted by atomic mass is 16.6. The van der Waals surface area contributed by atoms with Gasteiger partial charge < -0.3 is 5.32 Å². The summed E-state index contributed by atoms with van der Waals surface area (Å²) in [5.74, 6) is 1.28. The molecular formula is C17H14N4O2. The maximum Gasteiger partial charge on any atom is 0.269 e. The van der Waals surface area contributed by atoms with E-state index in [1.54, 1.807) is 12.1 Å². The van der Waals surface area contributed by atoms with Crippen LogP contribution in [0.1, 0.15) is 5.69 Å². The molecule has 0 radical (unpaired) electrons. The molecule has 0 unspecified atom stereocenters. The normalized spacial score (nSPS) is 10.3. The van der Waals surface area contributed by atoms with Gasteiger partial charge in [0.1, 0.15) is 5.82 Å². The molecular weight excluding hydrogens is 292 g/mol. The van der Waals surface area contributed by atoms with Crippen LogP contribution in [0.4, 0.5) is 17.2 Å². The summed E-state index contributed by atoms with van der Waals surface area (Å²) >= 11 is 0. The summed E-state index contributed by atoms with van der Waals surface area (Å²) in [5, 5.41) is 13.8. The molecule has 0 saturated heterocycles. The molecule has 0 aliphatic rings. The molecule has 0 spiro atoms. The molecule has 6 heteroatoms. The summed E-state index contributed by atoms with van der Waals surface area (Å²) in [7, 11) is 0. The summed E-state index contributed by atoms with van der Waals surface area (Å²) in [5.41, 5.74) is 2.55. The Morgan fingerprint density at radius 2 is 1.70 bits per heavy atom. The van der Waals surface area contributed by atoms with Gasteiger partial charge in [-0.1, -0.05) is 30.3 Å². The first-order chi connectivity index (χ1) is 11.1. The lowest BCUT2D eigenvalue weighted by Gasteiger charge is -2.08. The van der Waals surface area contributed by atoms with E-state index in [4.69, 9.17) is 0 Å². The van der Waals surface area contributed by atoms with Crippen LogP contribution in [0.3, 0.4) is 0 Å². The highest BCUT2D eigenvalue weighted by Crippen LogP contribution is 2.22. The minimum absolute atomic E-state index is 0.0550. The summed E-state index contributed by atoms with van der Waals surface area (Å²) < 4.78 is 0. The van der Waals surface area contributed by atoms with Crippen molar-refractivity contribution >= 4 is 17.2 Å². The molecule has 0 aliphatic carbocycles. The zero-order valence-corrected chi connectivity index (χ0v) is 12.4. The third kappa shape index (κ3) is 3.49. The van der Waals surface area contributed by atoms with Gasteiger partial charge in [-0.15, -0.1) is 0 Å². The fourth-order valence-corrected chi connectivity index (χ4v) is 2.16. The Bertz CT molecular complexity index is 833. The van der Waals surface area contributed by atoms with Crippen LogP contribution in [-0.2, 0) is 0 Å². The SMILES string of the molecule is Cc1cc(Nc2ccc([N+](=O)[O-])cc2)nc(-c2ccccc2)n1. The van der Waals surface area contributed by atoms with E-state index >= 15 is 0 Å². The number of hydrogen-bond donors (Lipinski definition) is 1. The Kier molecular flexibility index (Phi) is 3.97. The molecule has 0 aliphatic heterocycles. The largest absolute Gasteiger partial charge is 0.340 e. The van der Waals surface area contributed by atoms with Gasteiger partial charge in [-0.05, 0) is 19.1 Å². The van der Waals surface area contributed by atoms with Crippen molar-refractivity contribution in [3.05, 3.63) is 76.5 Å². The summed E-state index contributed by atoms with van der Waals surface area (Å²) in [6.07, 6.45) is 0. The van der Waals surface area contributed by atoms with Gasteiger partial charge >= 0.3 is 0 Å². The number of nitro benzene ring substituents is 1. The average molecular weight is 306 g/mol. The molecule has 114 valence electrons. The van der Waals surface area contributed by atoms with Crippen LogP contribution >= 0.6 is 0 Å². The van der Waals surface area contributed by atoms with Gasteiger partial charge in [0.15, 0.2) is 5.82 Å². The average Bonchev–Trinajstić information content (AvgIpc) is 2.55. The molecule has 0 atom stereocenters. The van der Waals surface area contributed by atoms with E-state index in [2.05, 4.69) is 15.3 Å². The molecule has 2 aromatic carbocycles. The van der Waals surface area contributed by atoms with Crippen LogP contribution in [0.2, 0.25) is 0 Å². The van der Waals surface area contributed by atoms with Gasteiger partial charge in [0.25, 0.3) is 5.69 Å². The first-order valence-electron chi connectivity index (χ1n) is 7.04. The highest BCUT2D eigenvalue weighted by Gasteiger charge is 2.07. The minimum atomic E-state index is -0.424. The Morgan fingerprint density at radius 3 is 2.35 bits per heavy atom. The number of nitro groups is 1. The number of non-ortho nitro benzene ring substituents is 1. The zero-order chi connectivity index (χ0) is 16.2. The number of hydrogen-bond acceptors (Lipinski definition) is 5. The van der Waals surface area contributed by atoms with Crippen LogP contribution < -0.4 is 5.32 Å². The van der Waals surface area contributed by atoms with E-state index in [1.165, 1.54) is 12.1 Å². The van der Waals surface area contributed by atoms with Crippen molar-refractivity contribution < 1.29 is 4.92 Å². The van der Waals surface area contributed by atoms with E-state index in [-0.39, 0.29) is 5.69 Å². The number of aromatic nitrogens is 2. The molecule has 23 heavy (non-hydrogen) atoms. The molecule has 3 rings (SSSR count). The maximum atomic E-state index is 10.7. The standard InChI is InChI=1S/C17H14N4O2/c1-12-11-16(19-14-7-9-15(10-8-14)21(22)23)20-17(18-12)13-5-3-2-4-6-13/h2-11H,1H3,(H,18,19,20). The summed E-state index contributed by atoms with van der Waals surface area (Å²) in [4.78, 5) is 19.2. The van der Waals surface area contributed by atoms with Crippen LogP contribution in [0.15, 0.2) is 60.7 Å². The molecule has 6 nitrogen and oxygen atoms in total. The molecule has 1 aromatic heterocycles. The van der Waals surface area contributed by atoms with E-state index in [1.807, 2.05) is 43.3 Å². The number of rotatable bonds is 4. The Balaban J connectivity index is 1.88. The quantitative estimate of drug-likeness (QED) is 0.579. The Labute approximate surface area is 133 Å². The van der Waals surface area contributed by atoms with E-state index in [0.29, 0.717) is 11.6 Å². The van der Waals surface area contributed by atoms with Gasteiger partial charge in [0.05, 0.1) is 4.92 Å². The van der Waals surface area contributed by atoms with Crippen LogP contribution in [0, 0.1) is 17.0 Å². The second-order valence-electron chi connectivity index (χ2n) is 5.01. The van der Waals surface area contributed by atoms with E-state index in [0.717, 1.165) is 16.9 Å². The van der Waals surface area contributed by atoms with Gasteiger partial charge in [-0.25, -0.2) is 9.97 Å². The van der Waals surface area contributed by atoms with E-state index < -0.39 is 4.92 Å². The van der Waals surface area contributed by atoms with Crippen molar-refractivity contribution in [2.45, 2.75) is 6.92 Å². The highest BCUT2D eigenvalue weighted by molar-refractivity contribution is 5.62. The van der Waals surface area contributed by atoms with Crippen LogP contribution in [0.5, 0.6) is 0 Å². The first kappa shape index (κ1) is 14.6. The fourth-order valence-electron chi connectivity index (χ4n) is 2.16. The summed E-state index contributed by atoms with van der Waals surface area (Å²) in [6, 6.07) is 17.7. The van der Waals surface area contributed by atoms with Crippen molar-refractivity contribution in [2.24, 2.45) is 0 Å². The van der Waals surface area contributed by atoms with Crippen molar-refractivity contribution in [1.29, 1.82) is 0 Å². The molecule has 0 fully saturated rings. The smallest absolute Gasteiger partial charge is 0.269 e. The maximum absolute atomic E-state index is 10.7. The molecule has 3 aromatic rings. The lowest BCUT2D eigenvalue weighted by molar-refractivity contribution is -0.384. The number of aryl methyl sites for hydroxylation is 1. The van der Waals surface area contributed by atoms with Gasteiger partial charge in [-0.3, -0.25) is 10.1 Å². The number of nitrogens with zero attached hydrogens (tertiary/aromatic N) is 3. The van der Waals surface area contributed by atoms with Gasteiger partial charge in [0, 0.05) is 35.1 Å². The number of benzene rings is 2. The topological polar surface area (TPSA) is 81.0 Å². The summed E-state index contributed by atoms with van der Waals surface area (Å²) in [6.45, 7) is 1.90. The van der Waals surface area contributed by atoms with Crippen molar-refractivity contribution in [1.82, 2.24) is 9.97 Å². The predicted molar refractivity (Wildman–Crippen MR) is 88.6 cm³/mol. The third-order valence-electron chi connectivity index (χ3n) is 3.24. The van der Waals surface area contributed by atoms with E-state index in [9.17, 15) is 10.1 Å². The first-order valence-corrected chi connectivity index (χ1v) is 7.04. The second-order valence-corrected chi connectivity index (χ2v) is 5.01. The van der Waals surface area contributed by atoms with Crippen LogP contribution in [-0.4, -0.2) is 14.9 Å². The minimum Gasteiger partial charge on any atom is -0.340 e. The number of nitrogens with one attached hydrogen (secondary N) is 1. The number of anilines is 2. The lowest BCUT2D eigenvalue weighted by Crippen LogP contribution is -1.99. The molecule has 0 saturated carbocycles. The second kappa shape index (κ2) is 6.23. The van der Waals surface area contributed by atoms with Crippen molar-refractivity contribution in [3.8, 4) is 11.4 Å². The van der Waals surface area contributed by atoms with Crippen molar-refractivity contribution in [2.75, 3.05) is 5.32 Å². The Hall–Kier alpha value is -3.28.